The molecule has 0 spiro atoms. The molecule has 1 aliphatic rings. The summed E-state index contributed by atoms with van der Waals surface area (Å²) in [5.74, 6) is 0.876. The first-order valence-electron chi connectivity index (χ1n) is 10.6. The van der Waals surface area contributed by atoms with Gasteiger partial charge in [-0.1, -0.05) is 0 Å². The second-order valence-corrected chi connectivity index (χ2v) is 8.42. The Balaban J connectivity index is 1.46. The summed E-state index contributed by atoms with van der Waals surface area (Å²) < 4.78 is 6.07. The number of piperazine rings is 1. The fourth-order valence-electron chi connectivity index (χ4n) is 4.72. The second-order valence-electron chi connectivity index (χ2n) is 8.42. The number of H-pyrrole nitrogens is 2. The third-order valence-corrected chi connectivity index (χ3v) is 6.53. The number of aryl methyl sites for hydroxylation is 2. The third-order valence-electron chi connectivity index (χ3n) is 6.53. The van der Waals surface area contributed by atoms with Gasteiger partial charge in [-0.3, -0.25) is 9.69 Å². The summed E-state index contributed by atoms with van der Waals surface area (Å²) in [6.45, 7) is 10.2. The Morgan fingerprint density at radius 3 is 2.60 bits per heavy atom. The number of ether oxygens (including phenoxy) is 1. The van der Waals surface area contributed by atoms with Crippen molar-refractivity contribution in [3.8, 4) is 5.75 Å². The molecule has 2 N–H and O–H groups in total. The van der Waals surface area contributed by atoms with Crippen molar-refractivity contribution in [3.05, 3.63) is 51.9 Å². The highest BCUT2D eigenvalue weighted by Gasteiger charge is 2.16. The average Bonchev–Trinajstić information content (AvgIpc) is 3.13. The SMILES string of the molecule is Cc1c2cc[nH]c(=O)c2c(C)c2c1[nH]c1cc(OCCN3CCN(C)CC3)ccc12. The lowest BCUT2D eigenvalue weighted by molar-refractivity contribution is 0.134. The third kappa shape index (κ3) is 3.16. The van der Waals surface area contributed by atoms with Gasteiger partial charge >= 0.3 is 0 Å². The van der Waals surface area contributed by atoms with Crippen LogP contribution in [0.4, 0.5) is 0 Å². The molecule has 0 unspecified atom stereocenters. The van der Waals surface area contributed by atoms with E-state index in [1.165, 1.54) is 0 Å². The molecule has 1 aliphatic heterocycles. The Bertz CT molecular complexity index is 1300. The van der Waals surface area contributed by atoms with Gasteiger partial charge in [0.25, 0.3) is 5.56 Å². The van der Waals surface area contributed by atoms with Crippen molar-refractivity contribution >= 4 is 32.6 Å². The molecule has 0 amide bonds. The van der Waals surface area contributed by atoms with Crippen LogP contribution in [0.25, 0.3) is 32.6 Å². The minimum atomic E-state index is -0.0341. The van der Waals surface area contributed by atoms with Gasteiger partial charge in [0.15, 0.2) is 0 Å². The van der Waals surface area contributed by atoms with Crippen molar-refractivity contribution in [3.63, 3.8) is 0 Å². The number of aromatic amines is 2. The van der Waals surface area contributed by atoms with E-state index in [-0.39, 0.29) is 5.56 Å². The van der Waals surface area contributed by atoms with Gasteiger partial charge in [0, 0.05) is 55.8 Å². The van der Waals surface area contributed by atoms with Gasteiger partial charge in [0.05, 0.1) is 16.4 Å². The average molecular weight is 405 g/mol. The molecular formula is C24H28N4O2. The van der Waals surface area contributed by atoms with Crippen LogP contribution in [-0.2, 0) is 0 Å². The molecule has 0 radical (unpaired) electrons. The van der Waals surface area contributed by atoms with Crippen LogP contribution in [0.3, 0.4) is 0 Å². The number of benzene rings is 2. The Kier molecular flexibility index (Phi) is 4.76. The topological polar surface area (TPSA) is 64.4 Å². The van der Waals surface area contributed by atoms with Gasteiger partial charge in [0.2, 0.25) is 0 Å². The second kappa shape index (κ2) is 7.45. The molecule has 2 aromatic carbocycles. The molecule has 6 heteroatoms. The van der Waals surface area contributed by atoms with E-state index in [1.54, 1.807) is 6.20 Å². The number of fused-ring (bicyclic) bond motifs is 4. The summed E-state index contributed by atoms with van der Waals surface area (Å²) in [6, 6.07) is 8.20. The molecule has 1 saturated heterocycles. The van der Waals surface area contributed by atoms with Crippen LogP contribution in [0.15, 0.2) is 35.3 Å². The van der Waals surface area contributed by atoms with Crippen molar-refractivity contribution in [1.29, 1.82) is 0 Å². The summed E-state index contributed by atoms with van der Waals surface area (Å²) in [6.07, 6.45) is 1.72. The normalized spacial score (nSPS) is 16.1. The first-order valence-corrected chi connectivity index (χ1v) is 10.6. The van der Waals surface area contributed by atoms with Crippen LogP contribution < -0.4 is 10.3 Å². The van der Waals surface area contributed by atoms with E-state index < -0.39 is 0 Å². The minimum absolute atomic E-state index is 0.0341. The zero-order valence-corrected chi connectivity index (χ0v) is 17.8. The summed E-state index contributed by atoms with van der Waals surface area (Å²) in [7, 11) is 2.17. The lowest BCUT2D eigenvalue weighted by Crippen LogP contribution is -2.45. The molecule has 3 heterocycles. The molecule has 0 aliphatic carbocycles. The summed E-state index contributed by atoms with van der Waals surface area (Å²) in [5.41, 5.74) is 4.22. The summed E-state index contributed by atoms with van der Waals surface area (Å²) in [5, 5.41) is 4.02. The van der Waals surface area contributed by atoms with Gasteiger partial charge < -0.3 is 19.6 Å². The quantitative estimate of drug-likeness (QED) is 0.547. The highest BCUT2D eigenvalue weighted by molar-refractivity contribution is 6.16. The molecule has 4 aromatic rings. The predicted molar refractivity (Wildman–Crippen MR) is 123 cm³/mol. The van der Waals surface area contributed by atoms with Gasteiger partial charge in [-0.15, -0.1) is 0 Å². The monoisotopic (exact) mass is 404 g/mol. The van der Waals surface area contributed by atoms with E-state index >= 15 is 0 Å². The Morgan fingerprint density at radius 1 is 1.00 bits per heavy atom. The summed E-state index contributed by atoms with van der Waals surface area (Å²) >= 11 is 0. The van der Waals surface area contributed by atoms with Crippen molar-refractivity contribution in [2.24, 2.45) is 0 Å². The van der Waals surface area contributed by atoms with Gasteiger partial charge in [-0.25, -0.2) is 0 Å². The van der Waals surface area contributed by atoms with Crippen LogP contribution in [0.1, 0.15) is 11.1 Å². The standard InChI is InChI=1S/C24H28N4O2/c1-15-18-6-7-25-24(29)22(18)16(2)21-19-5-4-17(14-20(19)26-23(15)21)30-13-12-28-10-8-27(3)9-11-28/h4-7,14,26H,8-13H2,1-3H3,(H,25,29). The van der Waals surface area contributed by atoms with Gasteiger partial charge in [-0.2, -0.15) is 0 Å². The number of nitrogens with zero attached hydrogens (tertiary/aromatic N) is 2. The van der Waals surface area contributed by atoms with Crippen LogP contribution in [-0.4, -0.2) is 66.1 Å². The number of aromatic nitrogens is 2. The smallest absolute Gasteiger partial charge is 0.256 e. The number of likely N-dealkylation sites (N-methyl/N-ethyl adjacent to an activating group) is 1. The lowest BCUT2D eigenvalue weighted by Gasteiger charge is -2.32. The van der Waals surface area contributed by atoms with E-state index in [4.69, 9.17) is 4.74 Å². The highest BCUT2D eigenvalue weighted by atomic mass is 16.5. The van der Waals surface area contributed by atoms with Gasteiger partial charge in [0.1, 0.15) is 12.4 Å². The molecular weight excluding hydrogens is 376 g/mol. The number of nitrogens with one attached hydrogen (secondary N) is 2. The van der Waals surface area contributed by atoms with Gasteiger partial charge in [-0.05, 0) is 55.6 Å². The van der Waals surface area contributed by atoms with Crippen molar-refractivity contribution in [1.82, 2.24) is 19.8 Å². The molecule has 156 valence electrons. The van der Waals surface area contributed by atoms with Crippen molar-refractivity contribution in [2.75, 3.05) is 46.4 Å². The van der Waals surface area contributed by atoms with E-state index in [9.17, 15) is 4.79 Å². The fourth-order valence-corrected chi connectivity index (χ4v) is 4.72. The van der Waals surface area contributed by atoms with Crippen molar-refractivity contribution < 1.29 is 4.74 Å². The van der Waals surface area contributed by atoms with E-state index in [1.807, 2.05) is 19.1 Å². The molecule has 0 atom stereocenters. The maximum atomic E-state index is 12.5. The molecule has 1 fully saturated rings. The molecule has 0 bridgehead atoms. The number of hydrogen-bond acceptors (Lipinski definition) is 4. The predicted octanol–water partition coefficient (Wildman–Crippen LogP) is 3.41. The maximum Gasteiger partial charge on any atom is 0.256 e. The maximum absolute atomic E-state index is 12.5. The Labute approximate surface area is 175 Å². The van der Waals surface area contributed by atoms with E-state index in [2.05, 4.69) is 45.9 Å². The Morgan fingerprint density at radius 2 is 1.80 bits per heavy atom. The highest BCUT2D eigenvalue weighted by Crippen LogP contribution is 2.36. The summed E-state index contributed by atoms with van der Waals surface area (Å²) in [4.78, 5) is 23.7. The number of rotatable bonds is 4. The number of hydrogen-bond donors (Lipinski definition) is 2. The molecule has 2 aromatic heterocycles. The first-order chi connectivity index (χ1) is 14.5. The minimum Gasteiger partial charge on any atom is -0.492 e. The number of pyridine rings is 1. The first kappa shape index (κ1) is 19.2. The van der Waals surface area contributed by atoms with Crippen LogP contribution >= 0.6 is 0 Å². The Hall–Kier alpha value is -2.83. The molecule has 30 heavy (non-hydrogen) atoms. The van der Waals surface area contributed by atoms with Crippen LogP contribution in [0.5, 0.6) is 5.75 Å². The lowest BCUT2D eigenvalue weighted by atomic mass is 9.97. The largest absolute Gasteiger partial charge is 0.492 e. The molecule has 5 rings (SSSR count). The van der Waals surface area contributed by atoms with Crippen molar-refractivity contribution in [2.45, 2.75) is 13.8 Å². The molecule has 6 nitrogen and oxygen atoms in total. The van der Waals surface area contributed by atoms with Crippen LogP contribution in [0, 0.1) is 13.8 Å². The zero-order chi connectivity index (χ0) is 20.8. The van der Waals surface area contributed by atoms with E-state index in [0.29, 0.717) is 6.61 Å². The van der Waals surface area contributed by atoms with Crippen LogP contribution in [0.2, 0.25) is 0 Å². The fraction of sp³-hybridized carbons (Fsp3) is 0.375. The molecule has 0 saturated carbocycles. The zero-order valence-electron chi connectivity index (χ0n) is 17.8. The van der Waals surface area contributed by atoms with E-state index in [0.717, 1.165) is 82.2 Å².